The summed E-state index contributed by atoms with van der Waals surface area (Å²) in [6.45, 7) is 8.08. The van der Waals surface area contributed by atoms with Gasteiger partial charge in [0.2, 0.25) is 0 Å². The van der Waals surface area contributed by atoms with E-state index in [4.69, 9.17) is 6.58 Å². The smallest absolute Gasteiger partial charge is 0.293 e. The summed E-state index contributed by atoms with van der Waals surface area (Å²) >= 11 is 0. The van der Waals surface area contributed by atoms with Gasteiger partial charge >= 0.3 is 51.4 Å². The Labute approximate surface area is 75.4 Å². The van der Waals surface area contributed by atoms with E-state index in [-0.39, 0.29) is 51.4 Å². The van der Waals surface area contributed by atoms with E-state index < -0.39 is 0 Å². The minimum absolute atomic E-state index is 0. The molecule has 0 heterocycles. The van der Waals surface area contributed by atoms with E-state index in [0.717, 1.165) is 0 Å². The molecular weight excluding hydrogens is 87.1 g/mol. The molecule has 0 atom stereocenters. The summed E-state index contributed by atoms with van der Waals surface area (Å²) in [6.07, 6.45) is 2.92. The molecule has 5 heavy (non-hydrogen) atoms. The summed E-state index contributed by atoms with van der Waals surface area (Å²) < 4.78 is 0. The molecule has 0 amide bonds. The molecule has 0 rings (SSSR count). The molecule has 1 heteroatoms. The van der Waals surface area contributed by atoms with Gasteiger partial charge in [0, 0.05) is 0 Å². The SMILES string of the molecule is [CH-]=CC=C.[K+]. The third-order valence-corrected chi connectivity index (χ3v) is 0.136. The monoisotopic (exact) mass is 92.0 g/mol. The van der Waals surface area contributed by atoms with Crippen molar-refractivity contribution in [3.05, 3.63) is 25.3 Å². The molecule has 0 radical (unpaired) electrons. The minimum Gasteiger partial charge on any atom is -0.293 e. The van der Waals surface area contributed by atoms with Crippen LogP contribution in [0.2, 0.25) is 0 Å². The minimum atomic E-state index is 0. The van der Waals surface area contributed by atoms with Gasteiger partial charge in [0.15, 0.2) is 0 Å². The van der Waals surface area contributed by atoms with Gasteiger partial charge in [-0.25, -0.2) is 12.2 Å². The number of allylic oxidation sites excluding steroid dienone is 2. The maximum Gasteiger partial charge on any atom is 1.00 e. The Morgan fingerprint density at radius 2 is 1.80 bits per heavy atom. The fraction of sp³-hybridized carbons (Fsp3) is 0. The topological polar surface area (TPSA) is 0 Å². The van der Waals surface area contributed by atoms with Gasteiger partial charge < -0.3 is 0 Å². The average Bonchev–Trinajstić information content (AvgIpc) is 1.37. The molecule has 0 unspecified atom stereocenters. The first kappa shape index (κ1) is 9.45. The molecule has 0 nitrogen and oxygen atoms in total. The van der Waals surface area contributed by atoms with E-state index >= 15 is 0 Å². The van der Waals surface area contributed by atoms with Gasteiger partial charge in [-0.2, -0.15) is 6.58 Å². The standard InChI is InChI=1S/C4H5.K/c1-3-4-2;/h1,3-4H,2H2;/q-1;+1. The Morgan fingerprint density at radius 3 is 1.80 bits per heavy atom. The van der Waals surface area contributed by atoms with Gasteiger partial charge in [0.1, 0.15) is 0 Å². The van der Waals surface area contributed by atoms with Crippen molar-refractivity contribution >= 4 is 0 Å². The summed E-state index contributed by atoms with van der Waals surface area (Å²) in [5, 5.41) is 0. The third kappa shape index (κ3) is 11.1. The summed E-state index contributed by atoms with van der Waals surface area (Å²) in [6, 6.07) is 0. The molecular formula is C4H5K. The van der Waals surface area contributed by atoms with Gasteiger partial charge in [-0.15, -0.1) is 0 Å². The molecule has 0 N–H and O–H groups in total. The second-order valence-electron chi connectivity index (χ2n) is 0.428. The molecule has 22 valence electrons. The number of rotatable bonds is 1. The van der Waals surface area contributed by atoms with Crippen LogP contribution in [0.15, 0.2) is 18.7 Å². The summed E-state index contributed by atoms with van der Waals surface area (Å²) in [5.74, 6) is 0. The second kappa shape index (κ2) is 8.93. The number of hydrogen-bond acceptors (Lipinski definition) is 0. The molecule has 0 aromatic rings. The van der Waals surface area contributed by atoms with E-state index in [1.165, 1.54) is 12.2 Å². The maximum absolute atomic E-state index is 4.78. The average molecular weight is 92.2 g/mol. The Bertz CT molecular complexity index is 24.6. The quantitative estimate of drug-likeness (QED) is 0.203. The number of hydrogen-bond donors (Lipinski definition) is 0. The van der Waals surface area contributed by atoms with Crippen LogP contribution in [0.1, 0.15) is 0 Å². The predicted molar refractivity (Wildman–Crippen MR) is 19.1 cm³/mol. The van der Waals surface area contributed by atoms with Crippen LogP contribution in [0.5, 0.6) is 0 Å². The van der Waals surface area contributed by atoms with Crippen LogP contribution in [0.25, 0.3) is 0 Å². The molecule has 0 aliphatic rings. The normalized spacial score (nSPS) is 4.00. The second-order valence-corrected chi connectivity index (χ2v) is 0.428. The summed E-state index contributed by atoms with van der Waals surface area (Å²) in [7, 11) is 0. The van der Waals surface area contributed by atoms with E-state index in [1.54, 1.807) is 0 Å². The first-order chi connectivity index (χ1) is 1.91. The maximum atomic E-state index is 4.78. The first-order valence-electron chi connectivity index (χ1n) is 1.07. The zero-order valence-corrected chi connectivity index (χ0v) is 6.56. The molecule has 0 spiro atoms. The van der Waals surface area contributed by atoms with E-state index in [0.29, 0.717) is 0 Å². The predicted octanol–water partition coefficient (Wildman–Crippen LogP) is -1.83. The van der Waals surface area contributed by atoms with Crippen molar-refractivity contribution in [2.75, 3.05) is 0 Å². The van der Waals surface area contributed by atoms with Crippen molar-refractivity contribution < 1.29 is 51.4 Å². The molecule has 0 aliphatic carbocycles. The van der Waals surface area contributed by atoms with Crippen molar-refractivity contribution in [1.82, 2.24) is 0 Å². The molecule has 0 saturated heterocycles. The van der Waals surface area contributed by atoms with E-state index in [1.807, 2.05) is 0 Å². The summed E-state index contributed by atoms with van der Waals surface area (Å²) in [5.41, 5.74) is 0. The zero-order valence-electron chi connectivity index (χ0n) is 3.44. The van der Waals surface area contributed by atoms with Gasteiger partial charge in [-0.05, 0) is 0 Å². The van der Waals surface area contributed by atoms with Crippen LogP contribution in [0, 0.1) is 6.58 Å². The van der Waals surface area contributed by atoms with Gasteiger partial charge in [-0.1, -0.05) is 0 Å². The molecule has 0 bridgehead atoms. The van der Waals surface area contributed by atoms with Crippen LogP contribution in [-0.4, -0.2) is 0 Å². The van der Waals surface area contributed by atoms with Gasteiger partial charge in [0.05, 0.1) is 0 Å². The fourth-order valence-electron chi connectivity index (χ4n) is 0. The van der Waals surface area contributed by atoms with Crippen LogP contribution >= 0.6 is 0 Å². The zero-order chi connectivity index (χ0) is 3.41. The molecule has 0 fully saturated rings. The molecule has 0 aromatic heterocycles. The Morgan fingerprint density at radius 1 is 1.60 bits per heavy atom. The van der Waals surface area contributed by atoms with Crippen LogP contribution in [-0.2, 0) is 0 Å². The Balaban J connectivity index is 0. The van der Waals surface area contributed by atoms with Crippen LogP contribution in [0.4, 0.5) is 0 Å². The van der Waals surface area contributed by atoms with Crippen molar-refractivity contribution in [2.24, 2.45) is 0 Å². The van der Waals surface area contributed by atoms with E-state index in [2.05, 4.69) is 6.58 Å². The molecule has 0 aliphatic heterocycles. The van der Waals surface area contributed by atoms with Crippen molar-refractivity contribution in [1.29, 1.82) is 0 Å². The van der Waals surface area contributed by atoms with Gasteiger partial charge in [-0.3, -0.25) is 6.58 Å². The molecule has 0 saturated carbocycles. The first-order valence-corrected chi connectivity index (χ1v) is 1.07. The van der Waals surface area contributed by atoms with Crippen LogP contribution in [0.3, 0.4) is 0 Å². The molecule has 0 aromatic carbocycles. The van der Waals surface area contributed by atoms with E-state index in [9.17, 15) is 0 Å². The van der Waals surface area contributed by atoms with Crippen LogP contribution < -0.4 is 51.4 Å². The van der Waals surface area contributed by atoms with Crippen molar-refractivity contribution in [3.8, 4) is 0 Å². The fourth-order valence-corrected chi connectivity index (χ4v) is 0. The third-order valence-electron chi connectivity index (χ3n) is 0.136. The van der Waals surface area contributed by atoms with Crippen molar-refractivity contribution in [2.45, 2.75) is 0 Å². The van der Waals surface area contributed by atoms with Crippen molar-refractivity contribution in [3.63, 3.8) is 0 Å². The summed E-state index contributed by atoms with van der Waals surface area (Å²) in [4.78, 5) is 0. The Hall–Kier alpha value is 1.12. The largest absolute Gasteiger partial charge is 1.00 e. The van der Waals surface area contributed by atoms with Gasteiger partial charge in [0.25, 0.3) is 0 Å². The Kier molecular flexibility index (Phi) is 16.9.